The molecule has 0 aromatic rings. The number of likely N-dealkylation sites (N-methyl/N-ethyl adjacent to an activating group) is 1. The number of hydrogen-bond donors (Lipinski definition) is 1. The Kier molecular flexibility index (Phi) is 8.33. The highest BCUT2D eigenvalue weighted by atomic mass is 16.5. The molecule has 1 unspecified atom stereocenters. The summed E-state index contributed by atoms with van der Waals surface area (Å²) in [6.45, 7) is 9.02. The molecule has 0 fully saturated rings. The number of nitrogens with zero attached hydrogens (tertiary/aromatic N) is 1. The maximum atomic E-state index is 11.8. The van der Waals surface area contributed by atoms with Crippen molar-refractivity contribution in [3.63, 3.8) is 0 Å². The molecule has 4 heteroatoms. The van der Waals surface area contributed by atoms with Crippen molar-refractivity contribution in [3.05, 3.63) is 0 Å². The first-order valence-corrected chi connectivity index (χ1v) is 5.68. The van der Waals surface area contributed by atoms with Crippen molar-refractivity contribution >= 4 is 5.91 Å². The molecule has 4 nitrogen and oxygen atoms in total. The summed E-state index contributed by atoms with van der Waals surface area (Å²) in [5.74, 6) is 0.178. The fourth-order valence-corrected chi connectivity index (χ4v) is 1.43. The van der Waals surface area contributed by atoms with Gasteiger partial charge in [-0.05, 0) is 33.7 Å². The number of rotatable bonds is 8. The maximum absolute atomic E-state index is 11.8. The van der Waals surface area contributed by atoms with Crippen LogP contribution in [0.25, 0.3) is 0 Å². The van der Waals surface area contributed by atoms with Crippen LogP contribution in [0.15, 0.2) is 0 Å². The molecule has 1 amide bonds. The summed E-state index contributed by atoms with van der Waals surface area (Å²) in [7, 11) is 1.69. The lowest BCUT2D eigenvalue weighted by molar-refractivity contribution is -0.132. The van der Waals surface area contributed by atoms with Gasteiger partial charge in [-0.3, -0.25) is 4.79 Å². The van der Waals surface area contributed by atoms with Crippen LogP contribution in [-0.4, -0.2) is 50.2 Å². The Labute approximate surface area is 93.0 Å². The van der Waals surface area contributed by atoms with Gasteiger partial charge < -0.3 is 15.0 Å². The maximum Gasteiger partial charge on any atom is 0.239 e. The second-order valence-electron chi connectivity index (χ2n) is 3.53. The van der Waals surface area contributed by atoms with Crippen LogP contribution in [0.5, 0.6) is 0 Å². The number of ether oxygens (including phenoxy) is 1. The largest absolute Gasteiger partial charge is 0.385 e. The van der Waals surface area contributed by atoms with E-state index in [1.807, 2.05) is 25.7 Å². The van der Waals surface area contributed by atoms with Crippen molar-refractivity contribution in [3.8, 4) is 0 Å². The highest BCUT2D eigenvalue weighted by Crippen LogP contribution is 1.94. The SMILES string of the molecule is CCN(CC)C(=O)C(C)NCCCOC. The zero-order valence-corrected chi connectivity index (χ0v) is 10.4. The fraction of sp³-hybridized carbons (Fsp3) is 0.909. The normalized spacial score (nSPS) is 12.5. The smallest absolute Gasteiger partial charge is 0.239 e. The molecule has 0 aromatic heterocycles. The standard InChI is InChI=1S/C11H24N2O2/c1-5-13(6-2)11(14)10(3)12-8-7-9-15-4/h10,12H,5-9H2,1-4H3. The van der Waals surface area contributed by atoms with Gasteiger partial charge in [0.15, 0.2) is 0 Å². The van der Waals surface area contributed by atoms with Crippen molar-refractivity contribution in [1.29, 1.82) is 0 Å². The Hall–Kier alpha value is -0.610. The van der Waals surface area contributed by atoms with Gasteiger partial charge in [0.2, 0.25) is 5.91 Å². The van der Waals surface area contributed by atoms with Gasteiger partial charge in [-0.2, -0.15) is 0 Å². The zero-order valence-electron chi connectivity index (χ0n) is 10.4. The van der Waals surface area contributed by atoms with E-state index in [0.29, 0.717) is 0 Å². The predicted molar refractivity (Wildman–Crippen MR) is 61.9 cm³/mol. The van der Waals surface area contributed by atoms with E-state index in [4.69, 9.17) is 4.74 Å². The summed E-state index contributed by atoms with van der Waals surface area (Å²) in [5.41, 5.74) is 0. The quantitative estimate of drug-likeness (QED) is 0.612. The molecule has 0 saturated carbocycles. The van der Waals surface area contributed by atoms with Gasteiger partial charge in [0.1, 0.15) is 0 Å². The van der Waals surface area contributed by atoms with Crippen LogP contribution in [0.4, 0.5) is 0 Å². The molecule has 1 atom stereocenters. The Morgan fingerprint density at radius 3 is 2.47 bits per heavy atom. The Morgan fingerprint density at radius 2 is 2.00 bits per heavy atom. The van der Waals surface area contributed by atoms with Gasteiger partial charge in [0.05, 0.1) is 6.04 Å². The van der Waals surface area contributed by atoms with Crippen LogP contribution >= 0.6 is 0 Å². The Balaban J connectivity index is 3.77. The zero-order chi connectivity index (χ0) is 11.7. The number of nitrogens with one attached hydrogen (secondary N) is 1. The van der Waals surface area contributed by atoms with Gasteiger partial charge in [-0.1, -0.05) is 0 Å². The monoisotopic (exact) mass is 216 g/mol. The van der Waals surface area contributed by atoms with E-state index in [-0.39, 0.29) is 11.9 Å². The summed E-state index contributed by atoms with van der Waals surface area (Å²) in [4.78, 5) is 13.6. The minimum Gasteiger partial charge on any atom is -0.385 e. The van der Waals surface area contributed by atoms with Crippen molar-refractivity contribution in [1.82, 2.24) is 10.2 Å². The lowest BCUT2D eigenvalue weighted by Crippen LogP contribution is -2.45. The van der Waals surface area contributed by atoms with Crippen LogP contribution in [-0.2, 0) is 9.53 Å². The van der Waals surface area contributed by atoms with Gasteiger partial charge >= 0.3 is 0 Å². The van der Waals surface area contributed by atoms with Crippen LogP contribution < -0.4 is 5.32 Å². The molecule has 0 saturated heterocycles. The third-order valence-electron chi connectivity index (χ3n) is 2.42. The van der Waals surface area contributed by atoms with Crippen molar-refractivity contribution in [2.45, 2.75) is 33.2 Å². The number of carbonyl (C=O) groups excluding carboxylic acids is 1. The molecule has 0 aliphatic heterocycles. The van der Waals surface area contributed by atoms with Crippen molar-refractivity contribution in [2.75, 3.05) is 33.4 Å². The minimum atomic E-state index is -0.0956. The number of carbonyl (C=O) groups is 1. The van der Waals surface area contributed by atoms with Crippen LogP contribution in [0, 0.1) is 0 Å². The molecule has 0 bridgehead atoms. The Bertz CT molecular complexity index is 170. The first kappa shape index (κ1) is 14.4. The van der Waals surface area contributed by atoms with Crippen molar-refractivity contribution < 1.29 is 9.53 Å². The third-order valence-corrected chi connectivity index (χ3v) is 2.42. The first-order chi connectivity index (χ1) is 7.17. The predicted octanol–water partition coefficient (Wildman–Crippen LogP) is 0.869. The van der Waals surface area contributed by atoms with E-state index in [0.717, 1.165) is 32.7 Å². The average molecular weight is 216 g/mol. The van der Waals surface area contributed by atoms with Gasteiger partial charge in [0, 0.05) is 26.8 Å². The van der Waals surface area contributed by atoms with E-state index in [2.05, 4.69) is 5.32 Å². The Morgan fingerprint density at radius 1 is 1.40 bits per heavy atom. The van der Waals surface area contributed by atoms with E-state index < -0.39 is 0 Å². The third kappa shape index (κ3) is 5.74. The topological polar surface area (TPSA) is 41.6 Å². The molecule has 15 heavy (non-hydrogen) atoms. The van der Waals surface area contributed by atoms with E-state index in [1.165, 1.54) is 0 Å². The molecular weight excluding hydrogens is 192 g/mol. The van der Waals surface area contributed by atoms with Gasteiger partial charge in [-0.15, -0.1) is 0 Å². The highest BCUT2D eigenvalue weighted by molar-refractivity contribution is 5.81. The molecule has 0 radical (unpaired) electrons. The van der Waals surface area contributed by atoms with Crippen LogP contribution in [0.3, 0.4) is 0 Å². The van der Waals surface area contributed by atoms with Crippen molar-refractivity contribution in [2.24, 2.45) is 0 Å². The molecule has 0 aromatic carbocycles. The van der Waals surface area contributed by atoms with E-state index in [1.54, 1.807) is 7.11 Å². The van der Waals surface area contributed by atoms with Gasteiger partial charge in [0.25, 0.3) is 0 Å². The number of amides is 1. The summed E-state index contributed by atoms with van der Waals surface area (Å²) in [6, 6.07) is -0.0956. The lowest BCUT2D eigenvalue weighted by Gasteiger charge is -2.23. The molecule has 0 aliphatic carbocycles. The van der Waals surface area contributed by atoms with E-state index >= 15 is 0 Å². The number of hydrogen-bond acceptors (Lipinski definition) is 3. The summed E-state index contributed by atoms with van der Waals surface area (Å²) >= 11 is 0. The molecular formula is C11H24N2O2. The molecule has 1 N–H and O–H groups in total. The second-order valence-corrected chi connectivity index (χ2v) is 3.53. The molecule has 0 spiro atoms. The molecule has 90 valence electrons. The lowest BCUT2D eigenvalue weighted by atomic mass is 10.2. The average Bonchev–Trinajstić information content (AvgIpc) is 2.25. The minimum absolute atomic E-state index is 0.0956. The summed E-state index contributed by atoms with van der Waals surface area (Å²) in [6.07, 6.45) is 0.937. The first-order valence-electron chi connectivity index (χ1n) is 5.68. The van der Waals surface area contributed by atoms with E-state index in [9.17, 15) is 4.79 Å². The fourth-order valence-electron chi connectivity index (χ4n) is 1.43. The molecule has 0 rings (SSSR count). The molecule has 0 heterocycles. The number of methoxy groups -OCH3 is 1. The summed E-state index contributed by atoms with van der Waals surface area (Å²) < 4.78 is 4.94. The highest BCUT2D eigenvalue weighted by Gasteiger charge is 2.16. The van der Waals surface area contributed by atoms with Crippen LogP contribution in [0.1, 0.15) is 27.2 Å². The molecule has 0 aliphatic rings. The summed E-state index contributed by atoms with van der Waals surface area (Å²) in [5, 5.41) is 3.20. The van der Waals surface area contributed by atoms with Gasteiger partial charge in [-0.25, -0.2) is 0 Å². The second kappa shape index (κ2) is 8.68. The van der Waals surface area contributed by atoms with Crippen LogP contribution in [0.2, 0.25) is 0 Å².